The van der Waals surface area contributed by atoms with Gasteiger partial charge < -0.3 is 21.1 Å². The second-order valence-corrected chi connectivity index (χ2v) is 5.63. The molecule has 4 N–H and O–H groups in total. The van der Waals surface area contributed by atoms with Crippen molar-refractivity contribution in [1.29, 1.82) is 0 Å². The van der Waals surface area contributed by atoms with Crippen molar-refractivity contribution in [3.63, 3.8) is 0 Å². The molecule has 0 radical (unpaired) electrons. The molecule has 3 rings (SSSR count). The van der Waals surface area contributed by atoms with Crippen molar-refractivity contribution in [1.82, 2.24) is 0 Å². The summed E-state index contributed by atoms with van der Waals surface area (Å²) in [6.07, 6.45) is 3.78. The fourth-order valence-electron chi connectivity index (χ4n) is 2.91. The quantitative estimate of drug-likeness (QED) is 0.739. The standard InChI is InChI=1S/C15H21N3O2/c1-9(14-3-2-6-20-14)17-13-7-10-4-5-15(19)18-12(10)8-11(13)16/h7-9,14,17H,2-6,16H2,1H3,(H,18,19). The summed E-state index contributed by atoms with van der Waals surface area (Å²) in [5.41, 5.74) is 9.66. The van der Waals surface area contributed by atoms with Crippen molar-refractivity contribution in [2.75, 3.05) is 23.0 Å². The lowest BCUT2D eigenvalue weighted by molar-refractivity contribution is -0.116. The van der Waals surface area contributed by atoms with Crippen LogP contribution < -0.4 is 16.4 Å². The number of nitrogens with one attached hydrogen (secondary N) is 2. The molecule has 1 saturated heterocycles. The topological polar surface area (TPSA) is 76.4 Å². The fraction of sp³-hybridized carbons (Fsp3) is 0.533. The van der Waals surface area contributed by atoms with Gasteiger partial charge in [-0.1, -0.05) is 0 Å². The lowest BCUT2D eigenvalue weighted by Crippen LogP contribution is -2.30. The minimum absolute atomic E-state index is 0.0605. The predicted molar refractivity (Wildman–Crippen MR) is 79.9 cm³/mol. The van der Waals surface area contributed by atoms with Crippen LogP contribution in [0.15, 0.2) is 12.1 Å². The van der Waals surface area contributed by atoms with Gasteiger partial charge in [0.15, 0.2) is 0 Å². The molecule has 108 valence electrons. The van der Waals surface area contributed by atoms with Gasteiger partial charge in [0.05, 0.1) is 17.5 Å². The Hall–Kier alpha value is -1.75. The summed E-state index contributed by atoms with van der Waals surface area (Å²) in [5, 5.41) is 6.32. The van der Waals surface area contributed by atoms with Crippen LogP contribution in [-0.2, 0) is 16.0 Å². The van der Waals surface area contributed by atoms with E-state index in [1.54, 1.807) is 0 Å². The third-order valence-corrected chi connectivity index (χ3v) is 4.08. The molecule has 20 heavy (non-hydrogen) atoms. The van der Waals surface area contributed by atoms with Gasteiger partial charge in [-0.05, 0) is 43.9 Å². The average molecular weight is 275 g/mol. The van der Waals surface area contributed by atoms with E-state index in [-0.39, 0.29) is 18.1 Å². The van der Waals surface area contributed by atoms with Gasteiger partial charge >= 0.3 is 0 Å². The molecule has 5 nitrogen and oxygen atoms in total. The van der Waals surface area contributed by atoms with Crippen molar-refractivity contribution in [2.24, 2.45) is 0 Å². The number of aryl methyl sites for hydroxylation is 1. The van der Waals surface area contributed by atoms with E-state index in [9.17, 15) is 4.79 Å². The number of rotatable bonds is 3. The summed E-state index contributed by atoms with van der Waals surface area (Å²) in [7, 11) is 0. The molecule has 0 bridgehead atoms. The molecule has 5 heteroatoms. The van der Waals surface area contributed by atoms with Crippen molar-refractivity contribution in [3.8, 4) is 0 Å². The number of amides is 1. The highest BCUT2D eigenvalue weighted by atomic mass is 16.5. The predicted octanol–water partition coefficient (Wildman–Crippen LogP) is 2.13. The van der Waals surface area contributed by atoms with Crippen LogP contribution in [0, 0.1) is 0 Å². The molecule has 2 atom stereocenters. The first-order valence-corrected chi connectivity index (χ1v) is 7.24. The molecule has 1 fully saturated rings. The van der Waals surface area contributed by atoms with Gasteiger partial charge in [0.25, 0.3) is 0 Å². The highest BCUT2D eigenvalue weighted by Crippen LogP contribution is 2.32. The molecule has 1 aromatic rings. The Morgan fingerprint density at radius 1 is 1.45 bits per heavy atom. The number of anilines is 3. The number of nitrogens with two attached hydrogens (primary N) is 1. The molecule has 2 aliphatic rings. The second-order valence-electron chi connectivity index (χ2n) is 5.63. The van der Waals surface area contributed by atoms with Crippen LogP contribution in [-0.4, -0.2) is 24.7 Å². The molecule has 0 aromatic heterocycles. The summed E-state index contributed by atoms with van der Waals surface area (Å²) in [6.45, 7) is 2.97. The highest BCUT2D eigenvalue weighted by Gasteiger charge is 2.23. The zero-order valence-corrected chi connectivity index (χ0v) is 11.7. The molecular formula is C15H21N3O2. The van der Waals surface area contributed by atoms with Crippen LogP contribution in [0.5, 0.6) is 0 Å². The number of benzene rings is 1. The SMILES string of the molecule is CC(Nc1cc2c(cc1N)NC(=O)CC2)C1CCCO1. The van der Waals surface area contributed by atoms with Crippen molar-refractivity contribution in [3.05, 3.63) is 17.7 Å². The molecule has 1 aromatic carbocycles. The molecular weight excluding hydrogens is 254 g/mol. The van der Waals surface area contributed by atoms with Crippen LogP contribution in [0.3, 0.4) is 0 Å². The van der Waals surface area contributed by atoms with Gasteiger partial charge in [0.1, 0.15) is 0 Å². The number of carbonyl (C=O) groups excluding carboxylic acids is 1. The minimum atomic E-state index is 0.0605. The Morgan fingerprint density at radius 3 is 3.05 bits per heavy atom. The van der Waals surface area contributed by atoms with Gasteiger partial charge in [0, 0.05) is 24.8 Å². The van der Waals surface area contributed by atoms with E-state index in [0.29, 0.717) is 12.1 Å². The van der Waals surface area contributed by atoms with E-state index < -0.39 is 0 Å². The summed E-state index contributed by atoms with van der Waals surface area (Å²) in [4.78, 5) is 11.4. The van der Waals surface area contributed by atoms with Crippen molar-refractivity contribution in [2.45, 2.75) is 44.8 Å². The first kappa shape index (κ1) is 13.2. The lowest BCUT2D eigenvalue weighted by atomic mass is 10.0. The van der Waals surface area contributed by atoms with Crippen LogP contribution in [0.4, 0.5) is 17.1 Å². The number of carbonyl (C=O) groups is 1. The number of ether oxygens (including phenoxy) is 1. The van der Waals surface area contributed by atoms with Crippen molar-refractivity contribution >= 4 is 23.0 Å². The Balaban J connectivity index is 1.78. The first-order chi connectivity index (χ1) is 9.63. The summed E-state index contributed by atoms with van der Waals surface area (Å²) < 4.78 is 5.69. The maximum atomic E-state index is 11.4. The summed E-state index contributed by atoms with van der Waals surface area (Å²) >= 11 is 0. The zero-order valence-electron chi connectivity index (χ0n) is 11.7. The highest BCUT2D eigenvalue weighted by molar-refractivity contribution is 5.95. The van der Waals surface area contributed by atoms with Crippen LogP contribution in [0.1, 0.15) is 31.7 Å². The summed E-state index contributed by atoms with van der Waals surface area (Å²) in [5.74, 6) is 0.0605. The average Bonchev–Trinajstić information content (AvgIpc) is 2.94. The molecule has 0 spiro atoms. The van der Waals surface area contributed by atoms with Crippen LogP contribution in [0.25, 0.3) is 0 Å². The van der Waals surface area contributed by atoms with Gasteiger partial charge in [-0.25, -0.2) is 0 Å². The van der Waals surface area contributed by atoms with E-state index in [1.807, 2.05) is 6.07 Å². The number of hydrogen-bond donors (Lipinski definition) is 3. The van der Waals surface area contributed by atoms with Gasteiger partial charge in [-0.2, -0.15) is 0 Å². The van der Waals surface area contributed by atoms with Crippen LogP contribution >= 0.6 is 0 Å². The number of fused-ring (bicyclic) bond motifs is 1. The molecule has 2 heterocycles. The van der Waals surface area contributed by atoms with E-state index >= 15 is 0 Å². The second kappa shape index (κ2) is 5.32. The molecule has 2 aliphatic heterocycles. The smallest absolute Gasteiger partial charge is 0.224 e. The lowest BCUT2D eigenvalue weighted by Gasteiger charge is -2.24. The van der Waals surface area contributed by atoms with Gasteiger partial charge in [-0.15, -0.1) is 0 Å². The van der Waals surface area contributed by atoms with Crippen LogP contribution in [0.2, 0.25) is 0 Å². The normalized spacial score (nSPS) is 23.1. The Kier molecular flexibility index (Phi) is 3.53. The first-order valence-electron chi connectivity index (χ1n) is 7.24. The van der Waals surface area contributed by atoms with E-state index in [2.05, 4.69) is 23.6 Å². The third kappa shape index (κ3) is 2.58. The number of hydrogen-bond acceptors (Lipinski definition) is 4. The van der Waals surface area contributed by atoms with Crippen molar-refractivity contribution < 1.29 is 9.53 Å². The molecule has 1 amide bonds. The molecule has 0 saturated carbocycles. The maximum Gasteiger partial charge on any atom is 0.224 e. The van der Waals surface area contributed by atoms with E-state index in [1.165, 1.54) is 0 Å². The Morgan fingerprint density at radius 2 is 2.30 bits per heavy atom. The monoisotopic (exact) mass is 275 g/mol. The Bertz CT molecular complexity index is 524. The Labute approximate surface area is 118 Å². The van der Waals surface area contributed by atoms with E-state index in [4.69, 9.17) is 10.5 Å². The minimum Gasteiger partial charge on any atom is -0.397 e. The number of nitrogen functional groups attached to an aromatic ring is 1. The molecule has 2 unspecified atom stereocenters. The van der Waals surface area contributed by atoms with Gasteiger partial charge in [-0.3, -0.25) is 4.79 Å². The molecule has 0 aliphatic carbocycles. The third-order valence-electron chi connectivity index (χ3n) is 4.08. The fourth-order valence-corrected chi connectivity index (χ4v) is 2.91. The zero-order chi connectivity index (χ0) is 14.1. The van der Waals surface area contributed by atoms with Gasteiger partial charge in [0.2, 0.25) is 5.91 Å². The maximum absolute atomic E-state index is 11.4. The van der Waals surface area contributed by atoms with E-state index in [0.717, 1.165) is 42.8 Å². The summed E-state index contributed by atoms with van der Waals surface area (Å²) in [6, 6.07) is 4.13. The largest absolute Gasteiger partial charge is 0.397 e.